The second-order valence-corrected chi connectivity index (χ2v) is 3.18. The first-order chi connectivity index (χ1) is 5.81. The molecule has 12 heavy (non-hydrogen) atoms. The zero-order valence-electron chi connectivity index (χ0n) is 8.14. The maximum atomic E-state index is 6.70. The second kappa shape index (κ2) is 8.29. The van der Waals surface area contributed by atoms with Crippen molar-refractivity contribution in [2.45, 2.75) is 39.5 Å². The Hall–Kier alpha value is -0.810. The molecule has 0 aromatic heterocycles. The molecule has 0 bridgehead atoms. The zero-order chi connectivity index (χ0) is 9.23. The van der Waals surface area contributed by atoms with Gasteiger partial charge in [-0.2, -0.15) is 0 Å². The van der Waals surface area contributed by atoms with Crippen molar-refractivity contribution in [1.29, 1.82) is 5.41 Å². The summed E-state index contributed by atoms with van der Waals surface area (Å²) in [6.07, 6.45) is 10.7. The normalized spacial score (nSPS) is 12.8. The van der Waals surface area contributed by atoms with Crippen molar-refractivity contribution in [2.75, 3.05) is 0 Å². The molecule has 0 spiro atoms. The van der Waals surface area contributed by atoms with E-state index in [0.717, 1.165) is 12.3 Å². The van der Waals surface area contributed by atoms with Crippen molar-refractivity contribution in [1.82, 2.24) is 0 Å². The first-order valence-electron chi connectivity index (χ1n) is 4.66. The second-order valence-electron chi connectivity index (χ2n) is 3.18. The van der Waals surface area contributed by atoms with Gasteiger partial charge in [0.15, 0.2) is 0 Å². The van der Waals surface area contributed by atoms with Crippen molar-refractivity contribution in [3.05, 3.63) is 18.2 Å². The largest absolute Gasteiger partial charge is 0.259 e. The minimum atomic E-state index is 0.769. The lowest BCUT2D eigenvalue weighted by molar-refractivity contribution is 0.502. The number of hydrogen-bond acceptors (Lipinski definition) is 1. The lowest BCUT2D eigenvalue weighted by Crippen LogP contribution is -1.92. The number of hydrogen-bond donors (Lipinski definition) is 1. The van der Waals surface area contributed by atoms with Crippen LogP contribution >= 0.6 is 0 Å². The first-order valence-corrected chi connectivity index (χ1v) is 4.66. The lowest BCUT2D eigenvalue weighted by atomic mass is 10.00. The fourth-order valence-corrected chi connectivity index (χ4v) is 1.13. The predicted octanol–water partition coefficient (Wildman–Crippen LogP) is 3.56. The monoisotopic (exact) mass is 165 g/mol. The molecule has 0 aliphatic heterocycles. The van der Waals surface area contributed by atoms with Gasteiger partial charge in [0, 0.05) is 0 Å². The Labute approximate surface area is 75.7 Å². The zero-order valence-corrected chi connectivity index (χ0v) is 8.14. The molecule has 1 heteroatoms. The van der Waals surface area contributed by atoms with Gasteiger partial charge in [-0.3, -0.25) is 5.41 Å². The molecule has 0 aromatic carbocycles. The number of nitrogens with one attached hydrogen (secondary N) is 1. The maximum absolute atomic E-state index is 6.70. The molecule has 0 amide bonds. The van der Waals surface area contributed by atoms with E-state index in [-0.39, 0.29) is 0 Å². The molecule has 0 heterocycles. The molecule has 0 fully saturated rings. The van der Waals surface area contributed by atoms with E-state index in [4.69, 9.17) is 5.41 Å². The molecule has 0 aliphatic rings. The topological polar surface area (TPSA) is 23.9 Å². The minimum absolute atomic E-state index is 0.769. The Bertz CT molecular complexity index is 164. The van der Waals surface area contributed by atoms with Crippen LogP contribution in [0.1, 0.15) is 39.5 Å². The molecule has 0 radical (unpaired) electrons. The van der Waals surface area contributed by atoms with Crippen LogP contribution in [0.4, 0.5) is 0 Å². The van der Waals surface area contributed by atoms with E-state index in [1.807, 2.05) is 0 Å². The standard InChI is InChI=1S/C11H19N/c1-3-4-5-8-11(2)9-6-7-10-12/h3-4,7,11-12H,5-6,8-9H2,1-2H3/b4-3-. The van der Waals surface area contributed by atoms with Crippen molar-refractivity contribution in [3.8, 4) is 0 Å². The third kappa shape index (κ3) is 7.30. The van der Waals surface area contributed by atoms with Crippen LogP contribution in [0.15, 0.2) is 18.2 Å². The van der Waals surface area contributed by atoms with Crippen LogP contribution in [0.3, 0.4) is 0 Å². The van der Waals surface area contributed by atoms with Crippen LogP contribution in [0.2, 0.25) is 0 Å². The third-order valence-electron chi connectivity index (χ3n) is 1.97. The summed E-state index contributed by atoms with van der Waals surface area (Å²) in [7, 11) is 0. The van der Waals surface area contributed by atoms with E-state index in [0.29, 0.717) is 0 Å². The van der Waals surface area contributed by atoms with Crippen molar-refractivity contribution >= 4 is 5.87 Å². The molecule has 0 saturated carbocycles. The fraction of sp³-hybridized carbons (Fsp3) is 0.636. The predicted molar refractivity (Wildman–Crippen MR) is 54.7 cm³/mol. The number of allylic oxidation sites excluding steroid dienone is 3. The van der Waals surface area contributed by atoms with E-state index < -0.39 is 0 Å². The molecular formula is C11H19N. The van der Waals surface area contributed by atoms with Crippen molar-refractivity contribution in [2.24, 2.45) is 5.92 Å². The summed E-state index contributed by atoms with van der Waals surface area (Å²) in [5.74, 6) is 3.07. The van der Waals surface area contributed by atoms with Gasteiger partial charge in [-0.1, -0.05) is 19.1 Å². The summed E-state index contributed by atoms with van der Waals surface area (Å²) in [6.45, 7) is 4.32. The van der Waals surface area contributed by atoms with Gasteiger partial charge in [-0.05, 0) is 50.5 Å². The van der Waals surface area contributed by atoms with Crippen LogP contribution in [-0.4, -0.2) is 5.87 Å². The molecule has 0 aliphatic carbocycles. The molecule has 0 aromatic rings. The smallest absolute Gasteiger partial charge is 0.0234 e. The highest BCUT2D eigenvalue weighted by Crippen LogP contribution is 2.12. The molecule has 1 unspecified atom stereocenters. The highest BCUT2D eigenvalue weighted by Gasteiger charge is 1.98. The van der Waals surface area contributed by atoms with E-state index in [1.54, 1.807) is 6.08 Å². The summed E-state index contributed by atoms with van der Waals surface area (Å²) in [6, 6.07) is 0. The molecule has 1 N–H and O–H groups in total. The SMILES string of the molecule is C/C=C\CCC(C)CCC=C=N. The summed E-state index contributed by atoms with van der Waals surface area (Å²) >= 11 is 0. The van der Waals surface area contributed by atoms with Crippen LogP contribution in [0.25, 0.3) is 0 Å². The Morgan fingerprint density at radius 2 is 2.00 bits per heavy atom. The highest BCUT2D eigenvalue weighted by molar-refractivity contribution is 5.46. The van der Waals surface area contributed by atoms with E-state index in [1.165, 1.54) is 19.3 Å². The van der Waals surface area contributed by atoms with E-state index in [9.17, 15) is 0 Å². The lowest BCUT2D eigenvalue weighted by Gasteiger charge is -2.06. The van der Waals surface area contributed by atoms with Gasteiger partial charge in [0.1, 0.15) is 0 Å². The van der Waals surface area contributed by atoms with Crippen LogP contribution in [0, 0.1) is 11.3 Å². The average molecular weight is 165 g/mol. The number of rotatable bonds is 6. The van der Waals surface area contributed by atoms with Gasteiger partial charge < -0.3 is 0 Å². The summed E-state index contributed by atoms with van der Waals surface area (Å²) in [5, 5.41) is 6.70. The molecule has 1 atom stereocenters. The van der Waals surface area contributed by atoms with Gasteiger partial charge in [0.25, 0.3) is 0 Å². The molecule has 0 saturated heterocycles. The van der Waals surface area contributed by atoms with Crippen LogP contribution in [0.5, 0.6) is 0 Å². The van der Waals surface area contributed by atoms with Crippen LogP contribution in [-0.2, 0) is 0 Å². The Kier molecular flexibility index (Phi) is 7.73. The van der Waals surface area contributed by atoms with Crippen molar-refractivity contribution < 1.29 is 0 Å². The third-order valence-corrected chi connectivity index (χ3v) is 1.97. The van der Waals surface area contributed by atoms with E-state index in [2.05, 4.69) is 31.9 Å². The Morgan fingerprint density at radius 3 is 2.58 bits per heavy atom. The quantitative estimate of drug-likeness (QED) is 0.459. The van der Waals surface area contributed by atoms with Gasteiger partial charge in [-0.25, -0.2) is 0 Å². The molecule has 68 valence electrons. The summed E-state index contributed by atoms with van der Waals surface area (Å²) in [4.78, 5) is 0. The molecule has 0 rings (SSSR count). The van der Waals surface area contributed by atoms with Gasteiger partial charge in [0.2, 0.25) is 0 Å². The average Bonchev–Trinajstić information content (AvgIpc) is 2.06. The Balaban J connectivity index is 3.32. The van der Waals surface area contributed by atoms with E-state index >= 15 is 0 Å². The summed E-state index contributed by atoms with van der Waals surface area (Å²) < 4.78 is 0. The van der Waals surface area contributed by atoms with Gasteiger partial charge in [-0.15, -0.1) is 0 Å². The van der Waals surface area contributed by atoms with Gasteiger partial charge in [0.05, 0.1) is 0 Å². The molecular weight excluding hydrogens is 146 g/mol. The van der Waals surface area contributed by atoms with Gasteiger partial charge >= 0.3 is 0 Å². The first kappa shape index (κ1) is 11.2. The molecule has 1 nitrogen and oxygen atoms in total. The Morgan fingerprint density at radius 1 is 1.33 bits per heavy atom. The van der Waals surface area contributed by atoms with Crippen molar-refractivity contribution in [3.63, 3.8) is 0 Å². The fourth-order valence-electron chi connectivity index (χ4n) is 1.13. The maximum Gasteiger partial charge on any atom is -0.0234 e. The summed E-state index contributed by atoms with van der Waals surface area (Å²) in [5.41, 5.74) is 0. The minimum Gasteiger partial charge on any atom is -0.259 e. The van der Waals surface area contributed by atoms with Crippen LogP contribution < -0.4 is 0 Å². The highest BCUT2D eigenvalue weighted by atomic mass is 14.3.